The van der Waals surface area contributed by atoms with Crippen LogP contribution in [-0.2, 0) is 0 Å². The Balaban J connectivity index is 2.46. The van der Waals surface area contributed by atoms with Gasteiger partial charge < -0.3 is 0 Å². The third kappa shape index (κ3) is 1.37. The van der Waals surface area contributed by atoms with Crippen molar-refractivity contribution in [2.24, 2.45) is 4.99 Å². The molecule has 0 saturated carbocycles. The van der Waals surface area contributed by atoms with Crippen molar-refractivity contribution < 1.29 is 0 Å². The minimum absolute atomic E-state index is 0.503. The number of hydrogen-bond donors (Lipinski definition) is 0. The van der Waals surface area contributed by atoms with Gasteiger partial charge in [-0.2, -0.15) is 0 Å². The maximum atomic E-state index is 4.55. The van der Waals surface area contributed by atoms with Gasteiger partial charge in [0.15, 0.2) is 0 Å². The molecule has 0 N–H and O–H groups in total. The van der Waals surface area contributed by atoms with Gasteiger partial charge in [0.1, 0.15) is 0 Å². The maximum Gasteiger partial charge on any atom is 0.0667 e. The lowest BCUT2D eigenvalue weighted by Gasteiger charge is -2.10. The summed E-state index contributed by atoms with van der Waals surface area (Å²) in [7, 11) is 0. The number of benzene rings is 1. The highest BCUT2D eigenvalue weighted by molar-refractivity contribution is 5.96. The standard InChI is InChI=1S/C13H17N/c1-8(2)11-5-6-13-12(7-11)9(3)10(4)14-13/h5-9H,1-4H3. The first-order valence-electron chi connectivity index (χ1n) is 5.28. The van der Waals surface area contributed by atoms with Crippen molar-refractivity contribution in [3.8, 4) is 0 Å². The summed E-state index contributed by atoms with van der Waals surface area (Å²) in [5.74, 6) is 1.11. The lowest BCUT2D eigenvalue weighted by atomic mass is 9.93. The average molecular weight is 187 g/mol. The Hall–Kier alpha value is -1.11. The maximum absolute atomic E-state index is 4.55. The van der Waals surface area contributed by atoms with Crippen LogP contribution in [0.4, 0.5) is 5.69 Å². The first kappa shape index (κ1) is 9.45. The van der Waals surface area contributed by atoms with Crippen LogP contribution in [0.1, 0.15) is 50.7 Å². The molecule has 2 rings (SSSR count). The predicted octanol–water partition coefficient (Wildman–Crippen LogP) is 4.02. The molecule has 1 heterocycles. The SMILES string of the molecule is CC1=Nc2ccc(C(C)C)cc2C1C. The fourth-order valence-corrected chi connectivity index (χ4v) is 1.89. The summed E-state index contributed by atoms with van der Waals surface area (Å²) in [5, 5.41) is 0. The van der Waals surface area contributed by atoms with E-state index in [2.05, 4.69) is 50.9 Å². The monoisotopic (exact) mass is 187 g/mol. The Kier molecular flexibility index (Phi) is 2.18. The second-order valence-corrected chi connectivity index (χ2v) is 4.45. The zero-order valence-electron chi connectivity index (χ0n) is 9.33. The molecule has 0 amide bonds. The van der Waals surface area contributed by atoms with Crippen LogP contribution in [0.15, 0.2) is 23.2 Å². The Morgan fingerprint density at radius 2 is 2.00 bits per heavy atom. The van der Waals surface area contributed by atoms with Crippen LogP contribution in [-0.4, -0.2) is 5.71 Å². The van der Waals surface area contributed by atoms with Gasteiger partial charge in [-0.25, -0.2) is 0 Å². The molecule has 1 atom stereocenters. The van der Waals surface area contributed by atoms with Crippen molar-refractivity contribution in [1.29, 1.82) is 0 Å². The van der Waals surface area contributed by atoms with E-state index >= 15 is 0 Å². The first-order valence-corrected chi connectivity index (χ1v) is 5.28. The van der Waals surface area contributed by atoms with Crippen LogP contribution >= 0.6 is 0 Å². The van der Waals surface area contributed by atoms with Gasteiger partial charge in [0.25, 0.3) is 0 Å². The normalized spacial score (nSPS) is 19.8. The van der Waals surface area contributed by atoms with Gasteiger partial charge in [-0.1, -0.05) is 32.9 Å². The average Bonchev–Trinajstić information content (AvgIpc) is 2.43. The summed E-state index contributed by atoms with van der Waals surface area (Å²) in [6.07, 6.45) is 0. The van der Waals surface area contributed by atoms with Gasteiger partial charge in [-0.3, -0.25) is 4.99 Å². The molecule has 1 aromatic carbocycles. The lowest BCUT2D eigenvalue weighted by molar-refractivity contribution is 0.861. The number of hydrogen-bond acceptors (Lipinski definition) is 1. The highest BCUT2D eigenvalue weighted by atomic mass is 14.8. The second kappa shape index (κ2) is 3.23. The Morgan fingerprint density at radius 1 is 1.29 bits per heavy atom. The summed E-state index contributed by atoms with van der Waals surface area (Å²) < 4.78 is 0. The van der Waals surface area contributed by atoms with Crippen molar-refractivity contribution in [2.45, 2.75) is 39.5 Å². The predicted molar refractivity (Wildman–Crippen MR) is 61.7 cm³/mol. The van der Waals surface area contributed by atoms with E-state index in [4.69, 9.17) is 0 Å². The van der Waals surface area contributed by atoms with E-state index in [9.17, 15) is 0 Å². The third-order valence-corrected chi connectivity index (χ3v) is 3.11. The number of rotatable bonds is 1. The number of aliphatic imine (C=N–C) groups is 1. The molecule has 0 aromatic heterocycles. The molecule has 1 aliphatic heterocycles. The Morgan fingerprint density at radius 3 is 2.64 bits per heavy atom. The molecule has 0 radical (unpaired) electrons. The molecule has 0 fully saturated rings. The van der Waals surface area contributed by atoms with Crippen molar-refractivity contribution >= 4 is 11.4 Å². The van der Waals surface area contributed by atoms with E-state index in [-0.39, 0.29) is 0 Å². The Labute approximate surface area is 85.9 Å². The highest BCUT2D eigenvalue weighted by Gasteiger charge is 2.20. The fraction of sp³-hybridized carbons (Fsp3) is 0.462. The molecule has 1 unspecified atom stereocenters. The summed E-state index contributed by atoms with van der Waals surface area (Å²) in [4.78, 5) is 4.55. The van der Waals surface area contributed by atoms with Gasteiger partial charge in [-0.05, 0) is 30.0 Å². The van der Waals surface area contributed by atoms with Crippen molar-refractivity contribution in [3.05, 3.63) is 29.3 Å². The van der Waals surface area contributed by atoms with Crippen LogP contribution in [0.25, 0.3) is 0 Å². The molecule has 1 aromatic rings. The van der Waals surface area contributed by atoms with E-state index in [0.29, 0.717) is 11.8 Å². The van der Waals surface area contributed by atoms with E-state index in [0.717, 1.165) is 0 Å². The number of fused-ring (bicyclic) bond motifs is 1. The molecule has 0 bridgehead atoms. The summed E-state index contributed by atoms with van der Waals surface area (Å²) >= 11 is 0. The molecular weight excluding hydrogens is 170 g/mol. The molecule has 0 aliphatic carbocycles. The van der Waals surface area contributed by atoms with Gasteiger partial charge >= 0.3 is 0 Å². The minimum Gasteiger partial charge on any atom is -0.257 e. The molecule has 1 aliphatic rings. The van der Waals surface area contributed by atoms with Crippen molar-refractivity contribution in [3.63, 3.8) is 0 Å². The molecule has 74 valence electrons. The van der Waals surface area contributed by atoms with Crippen LogP contribution in [0.5, 0.6) is 0 Å². The molecular formula is C13H17N. The van der Waals surface area contributed by atoms with E-state index in [1.54, 1.807) is 0 Å². The van der Waals surface area contributed by atoms with Crippen molar-refractivity contribution in [1.82, 2.24) is 0 Å². The van der Waals surface area contributed by atoms with Gasteiger partial charge in [0.05, 0.1) is 5.69 Å². The van der Waals surface area contributed by atoms with Gasteiger partial charge in [0.2, 0.25) is 0 Å². The molecule has 1 heteroatoms. The topological polar surface area (TPSA) is 12.4 Å². The Bertz CT molecular complexity index is 388. The van der Waals surface area contributed by atoms with Gasteiger partial charge in [0, 0.05) is 11.6 Å². The van der Waals surface area contributed by atoms with Crippen LogP contribution in [0.3, 0.4) is 0 Å². The molecule has 0 spiro atoms. The van der Waals surface area contributed by atoms with Crippen LogP contribution in [0, 0.1) is 0 Å². The largest absolute Gasteiger partial charge is 0.257 e. The van der Waals surface area contributed by atoms with Crippen molar-refractivity contribution in [2.75, 3.05) is 0 Å². The lowest BCUT2D eigenvalue weighted by Crippen LogP contribution is -1.99. The van der Waals surface area contributed by atoms with E-state index in [1.807, 2.05) is 0 Å². The van der Waals surface area contributed by atoms with E-state index < -0.39 is 0 Å². The summed E-state index contributed by atoms with van der Waals surface area (Å²) in [6.45, 7) is 8.80. The zero-order chi connectivity index (χ0) is 10.3. The minimum atomic E-state index is 0.503. The summed E-state index contributed by atoms with van der Waals surface area (Å²) in [5.41, 5.74) is 5.22. The molecule has 1 nitrogen and oxygen atoms in total. The zero-order valence-corrected chi connectivity index (χ0v) is 9.33. The molecule has 14 heavy (non-hydrogen) atoms. The fourth-order valence-electron chi connectivity index (χ4n) is 1.89. The van der Waals surface area contributed by atoms with E-state index in [1.165, 1.54) is 22.5 Å². The van der Waals surface area contributed by atoms with Crippen LogP contribution < -0.4 is 0 Å². The van der Waals surface area contributed by atoms with Gasteiger partial charge in [-0.15, -0.1) is 0 Å². The smallest absolute Gasteiger partial charge is 0.0667 e. The molecule has 0 saturated heterocycles. The second-order valence-electron chi connectivity index (χ2n) is 4.45. The first-order chi connectivity index (χ1) is 6.59. The number of nitrogens with zero attached hydrogens (tertiary/aromatic N) is 1. The summed E-state index contributed by atoms with van der Waals surface area (Å²) in [6, 6.07) is 6.65. The van der Waals surface area contributed by atoms with Crippen LogP contribution in [0.2, 0.25) is 0 Å². The third-order valence-electron chi connectivity index (χ3n) is 3.11. The quantitative estimate of drug-likeness (QED) is 0.629. The highest BCUT2D eigenvalue weighted by Crippen LogP contribution is 2.36.